The maximum Gasteiger partial charge on any atom is 0.270 e. The Kier molecular flexibility index (Phi) is 4.46. The first-order valence-electron chi connectivity index (χ1n) is 8.78. The molecule has 0 saturated carbocycles. The molecular weight excluding hydrogens is 352 g/mol. The van der Waals surface area contributed by atoms with Gasteiger partial charge >= 0.3 is 0 Å². The van der Waals surface area contributed by atoms with Gasteiger partial charge in [-0.05, 0) is 38.8 Å². The van der Waals surface area contributed by atoms with Gasteiger partial charge in [-0.15, -0.1) is 11.3 Å². The Bertz CT molecular complexity index is 842. The summed E-state index contributed by atoms with van der Waals surface area (Å²) in [7, 11) is 0. The number of hydrogen-bond acceptors (Lipinski definition) is 6. The van der Waals surface area contributed by atoms with E-state index in [0.29, 0.717) is 27.4 Å². The van der Waals surface area contributed by atoms with Crippen LogP contribution < -0.4 is 5.32 Å². The zero-order valence-electron chi connectivity index (χ0n) is 14.4. The van der Waals surface area contributed by atoms with Crippen LogP contribution in [-0.4, -0.2) is 45.9 Å². The molecule has 7 nitrogen and oxygen atoms in total. The molecule has 136 valence electrons. The van der Waals surface area contributed by atoms with E-state index in [1.807, 2.05) is 0 Å². The number of fused-ring (bicyclic) bond motifs is 3. The Morgan fingerprint density at radius 2 is 2.15 bits per heavy atom. The molecule has 1 amide bonds. The Morgan fingerprint density at radius 3 is 2.85 bits per heavy atom. The molecule has 2 bridgehead atoms. The lowest BCUT2D eigenvalue weighted by atomic mass is 9.79. The van der Waals surface area contributed by atoms with Gasteiger partial charge in [0.15, 0.2) is 0 Å². The van der Waals surface area contributed by atoms with E-state index < -0.39 is 4.92 Å². The molecule has 2 atom stereocenters. The number of nitro groups is 1. The number of amides is 1. The van der Waals surface area contributed by atoms with Crippen molar-refractivity contribution in [1.82, 2.24) is 15.2 Å². The second kappa shape index (κ2) is 6.77. The van der Waals surface area contributed by atoms with Gasteiger partial charge in [0.25, 0.3) is 11.6 Å². The summed E-state index contributed by atoms with van der Waals surface area (Å²) < 4.78 is 0. The number of benzene rings is 1. The molecule has 0 radical (unpaired) electrons. The Balaban J connectivity index is 1.50. The molecule has 3 saturated heterocycles. The van der Waals surface area contributed by atoms with Gasteiger partial charge in [-0.3, -0.25) is 19.8 Å². The topological polar surface area (TPSA) is 88.4 Å². The second-order valence-corrected chi connectivity index (χ2v) is 7.98. The van der Waals surface area contributed by atoms with Crippen molar-refractivity contribution in [3.05, 3.63) is 45.5 Å². The molecule has 0 spiro atoms. The Morgan fingerprint density at radius 1 is 1.38 bits per heavy atom. The van der Waals surface area contributed by atoms with E-state index in [1.165, 1.54) is 23.5 Å². The Labute approximate surface area is 155 Å². The van der Waals surface area contributed by atoms with E-state index >= 15 is 0 Å². The molecule has 1 N–H and O–H groups in total. The van der Waals surface area contributed by atoms with Crippen molar-refractivity contribution in [2.75, 3.05) is 13.1 Å². The van der Waals surface area contributed by atoms with Crippen LogP contribution in [-0.2, 0) is 0 Å². The van der Waals surface area contributed by atoms with Crippen LogP contribution in [0.5, 0.6) is 0 Å². The lowest BCUT2D eigenvalue weighted by molar-refractivity contribution is -0.384. The van der Waals surface area contributed by atoms with E-state index in [9.17, 15) is 14.9 Å². The van der Waals surface area contributed by atoms with Crippen LogP contribution >= 0.6 is 11.3 Å². The van der Waals surface area contributed by atoms with Gasteiger partial charge in [0.1, 0.15) is 9.88 Å². The van der Waals surface area contributed by atoms with Gasteiger partial charge in [-0.25, -0.2) is 4.98 Å². The van der Waals surface area contributed by atoms with E-state index in [2.05, 4.69) is 22.1 Å². The minimum Gasteiger partial charge on any atom is -0.347 e. The van der Waals surface area contributed by atoms with Gasteiger partial charge in [0.2, 0.25) is 0 Å². The molecule has 3 aliphatic rings. The standard InChI is InChI=1S/C18H20N4O3S/c1-11-16(12-5-7-21(11)8-6-12)20-17(23)15-10-19-18(26-15)13-3-2-4-14(9-13)22(24)25/h2-4,9-12,16H,5-8H2,1H3,(H,20,23). The summed E-state index contributed by atoms with van der Waals surface area (Å²) in [4.78, 5) is 30.5. The number of nitrogens with one attached hydrogen (secondary N) is 1. The quantitative estimate of drug-likeness (QED) is 0.658. The minimum atomic E-state index is -0.431. The molecule has 2 unspecified atom stereocenters. The maximum absolute atomic E-state index is 12.7. The van der Waals surface area contributed by atoms with Crippen molar-refractivity contribution in [3.8, 4) is 10.6 Å². The van der Waals surface area contributed by atoms with Gasteiger partial charge in [0, 0.05) is 29.8 Å². The van der Waals surface area contributed by atoms with Crippen LogP contribution in [0.25, 0.3) is 10.6 Å². The summed E-state index contributed by atoms with van der Waals surface area (Å²) in [5.41, 5.74) is 0.671. The number of carbonyl (C=O) groups is 1. The van der Waals surface area contributed by atoms with Crippen LogP contribution in [0.1, 0.15) is 29.4 Å². The first kappa shape index (κ1) is 17.1. The zero-order valence-corrected chi connectivity index (χ0v) is 15.2. The summed E-state index contributed by atoms with van der Waals surface area (Å²) in [6.45, 7) is 4.42. The van der Waals surface area contributed by atoms with Crippen LogP contribution in [0.3, 0.4) is 0 Å². The van der Waals surface area contributed by atoms with Gasteiger partial charge in [0.05, 0.1) is 11.1 Å². The van der Waals surface area contributed by atoms with Crippen molar-refractivity contribution in [3.63, 3.8) is 0 Å². The van der Waals surface area contributed by atoms with Crippen molar-refractivity contribution in [2.45, 2.75) is 31.8 Å². The smallest absolute Gasteiger partial charge is 0.270 e. The number of rotatable bonds is 4. The normalized spacial score (nSPS) is 27.3. The Hall–Kier alpha value is -2.32. The highest BCUT2D eigenvalue weighted by molar-refractivity contribution is 7.16. The van der Waals surface area contributed by atoms with Crippen LogP contribution in [0.15, 0.2) is 30.5 Å². The molecule has 3 fully saturated rings. The number of aromatic nitrogens is 1. The van der Waals surface area contributed by atoms with Gasteiger partial charge in [-0.1, -0.05) is 12.1 Å². The fourth-order valence-electron chi connectivity index (χ4n) is 4.03. The molecule has 8 heteroatoms. The number of thiazole rings is 1. The summed E-state index contributed by atoms with van der Waals surface area (Å²) in [5, 5.41) is 14.7. The minimum absolute atomic E-state index is 0.0183. The average Bonchev–Trinajstić information content (AvgIpc) is 3.15. The highest BCUT2D eigenvalue weighted by Crippen LogP contribution is 2.33. The summed E-state index contributed by atoms with van der Waals surface area (Å²) in [6, 6.07) is 6.85. The third kappa shape index (κ3) is 3.10. The number of nitro benzene ring substituents is 1. The largest absolute Gasteiger partial charge is 0.347 e. The number of piperidine rings is 3. The average molecular weight is 372 g/mol. The van der Waals surface area contributed by atoms with Crippen molar-refractivity contribution >= 4 is 22.9 Å². The van der Waals surface area contributed by atoms with E-state index in [1.54, 1.807) is 18.3 Å². The third-order valence-corrected chi connectivity index (χ3v) is 6.55. The first-order valence-corrected chi connectivity index (χ1v) is 9.60. The number of non-ortho nitro benzene ring substituents is 1. The van der Waals surface area contributed by atoms with E-state index in [4.69, 9.17) is 0 Å². The fraction of sp³-hybridized carbons (Fsp3) is 0.444. The van der Waals surface area contributed by atoms with Crippen molar-refractivity contribution in [1.29, 1.82) is 0 Å². The molecule has 4 heterocycles. The molecular formula is C18H20N4O3S. The second-order valence-electron chi connectivity index (χ2n) is 6.95. The number of nitrogens with zero attached hydrogens (tertiary/aromatic N) is 3. The van der Waals surface area contributed by atoms with Crippen molar-refractivity contribution < 1.29 is 9.72 Å². The molecule has 5 rings (SSSR count). The molecule has 3 aliphatic heterocycles. The van der Waals surface area contributed by atoms with Crippen molar-refractivity contribution in [2.24, 2.45) is 5.92 Å². The molecule has 2 aromatic rings. The monoisotopic (exact) mass is 372 g/mol. The SMILES string of the molecule is CC1C(NC(=O)c2cnc(-c3cccc([N+](=O)[O-])c3)s2)C2CCN1CC2. The predicted molar refractivity (Wildman–Crippen MR) is 99.2 cm³/mol. The highest BCUT2D eigenvalue weighted by atomic mass is 32.1. The molecule has 1 aromatic carbocycles. The number of hydrogen-bond donors (Lipinski definition) is 1. The summed E-state index contributed by atoms with van der Waals surface area (Å²) in [6.07, 6.45) is 3.83. The zero-order chi connectivity index (χ0) is 18.3. The number of carbonyl (C=O) groups excluding carboxylic acids is 1. The maximum atomic E-state index is 12.7. The lowest BCUT2D eigenvalue weighted by Gasteiger charge is -2.49. The third-order valence-electron chi connectivity index (χ3n) is 5.51. The van der Waals surface area contributed by atoms with Crippen LogP contribution in [0, 0.1) is 16.0 Å². The lowest BCUT2D eigenvalue weighted by Crippen LogP contribution is -2.62. The first-order chi connectivity index (χ1) is 12.5. The highest BCUT2D eigenvalue weighted by Gasteiger charge is 2.40. The molecule has 26 heavy (non-hydrogen) atoms. The molecule has 1 aromatic heterocycles. The van der Waals surface area contributed by atoms with Crippen LogP contribution in [0.4, 0.5) is 5.69 Å². The fourth-order valence-corrected chi connectivity index (χ4v) is 4.85. The summed E-state index contributed by atoms with van der Waals surface area (Å²) in [5.74, 6) is 0.438. The molecule has 0 aliphatic carbocycles. The van der Waals surface area contributed by atoms with E-state index in [0.717, 1.165) is 25.9 Å². The predicted octanol–water partition coefficient (Wildman–Crippen LogP) is 2.93. The van der Waals surface area contributed by atoms with Gasteiger partial charge in [-0.2, -0.15) is 0 Å². The summed E-state index contributed by atoms with van der Waals surface area (Å²) >= 11 is 1.26. The van der Waals surface area contributed by atoms with E-state index in [-0.39, 0.29) is 17.6 Å². The van der Waals surface area contributed by atoms with Crippen LogP contribution in [0.2, 0.25) is 0 Å². The van der Waals surface area contributed by atoms with Gasteiger partial charge < -0.3 is 5.32 Å².